The van der Waals surface area contributed by atoms with Crippen molar-refractivity contribution >= 4 is 28.8 Å². The molecular weight excluding hydrogens is 324 g/mol. The first-order valence-electron chi connectivity index (χ1n) is 8.44. The van der Waals surface area contributed by atoms with E-state index in [0.29, 0.717) is 18.0 Å². The minimum Gasteiger partial charge on any atom is -0.326 e. The Morgan fingerprint density at radius 2 is 2.17 bits per heavy atom. The monoisotopic (exact) mass is 344 g/mol. The molecule has 6 nitrogen and oxygen atoms in total. The molecule has 4 heterocycles. The number of carbonyl (C=O) groups excluding carboxylic acids is 2. The van der Waals surface area contributed by atoms with E-state index >= 15 is 0 Å². The molecule has 7 heteroatoms. The molecule has 2 aliphatic heterocycles. The fourth-order valence-electron chi connectivity index (χ4n) is 3.64. The van der Waals surface area contributed by atoms with Crippen molar-refractivity contribution in [1.29, 1.82) is 0 Å². The van der Waals surface area contributed by atoms with Crippen molar-refractivity contribution in [3.05, 3.63) is 34.3 Å². The number of H-pyrrole nitrogens is 1. The fraction of sp³-hybridized carbons (Fsp3) is 0.471. The van der Waals surface area contributed by atoms with E-state index in [9.17, 15) is 9.59 Å². The van der Waals surface area contributed by atoms with Gasteiger partial charge < -0.3 is 9.80 Å². The highest BCUT2D eigenvalue weighted by atomic mass is 32.1. The van der Waals surface area contributed by atoms with Crippen LogP contribution in [0, 0.1) is 0 Å². The second-order valence-electron chi connectivity index (χ2n) is 6.31. The standard InChI is InChI=1S/C17H20N4O2S/c22-16(21-9-3-5-12-14(21)11-18-19-12)13-6-1-2-8-20(13)17(23)15-7-4-10-24-15/h4,7,10-11,13H,1-3,5-6,8-9H2,(H,18,19). The van der Waals surface area contributed by atoms with E-state index in [1.54, 1.807) is 11.1 Å². The Bertz CT molecular complexity index is 740. The molecule has 1 atom stereocenters. The Labute approximate surface area is 144 Å². The highest BCUT2D eigenvalue weighted by Gasteiger charge is 2.37. The number of piperidine rings is 1. The number of hydrogen-bond acceptors (Lipinski definition) is 4. The summed E-state index contributed by atoms with van der Waals surface area (Å²) in [6.07, 6.45) is 6.24. The number of carbonyl (C=O) groups is 2. The van der Waals surface area contributed by atoms with Crippen molar-refractivity contribution in [2.24, 2.45) is 0 Å². The molecule has 4 rings (SSSR count). The number of fused-ring (bicyclic) bond motifs is 1. The third-order valence-electron chi connectivity index (χ3n) is 4.84. The lowest BCUT2D eigenvalue weighted by Gasteiger charge is -2.38. The number of amides is 2. The van der Waals surface area contributed by atoms with Crippen LogP contribution in [-0.4, -0.2) is 46.0 Å². The lowest BCUT2D eigenvalue weighted by atomic mass is 9.99. The molecule has 1 fully saturated rings. The molecule has 0 radical (unpaired) electrons. The van der Waals surface area contributed by atoms with Gasteiger partial charge in [0.1, 0.15) is 6.04 Å². The van der Waals surface area contributed by atoms with Gasteiger partial charge in [0, 0.05) is 13.1 Å². The maximum absolute atomic E-state index is 13.2. The van der Waals surface area contributed by atoms with Gasteiger partial charge in [-0.25, -0.2) is 0 Å². The average Bonchev–Trinajstić information content (AvgIpc) is 3.31. The van der Waals surface area contributed by atoms with E-state index in [1.807, 2.05) is 22.4 Å². The number of nitrogens with one attached hydrogen (secondary N) is 1. The molecule has 0 spiro atoms. The molecule has 126 valence electrons. The van der Waals surface area contributed by atoms with Crippen LogP contribution in [0.15, 0.2) is 23.7 Å². The summed E-state index contributed by atoms with van der Waals surface area (Å²) in [4.78, 5) is 30.3. The molecule has 0 aromatic carbocycles. The summed E-state index contributed by atoms with van der Waals surface area (Å²) < 4.78 is 0. The topological polar surface area (TPSA) is 69.3 Å². The fourth-order valence-corrected chi connectivity index (χ4v) is 4.32. The number of likely N-dealkylation sites (tertiary alicyclic amines) is 1. The summed E-state index contributed by atoms with van der Waals surface area (Å²) in [5.74, 6) is 0.00873. The Balaban J connectivity index is 1.59. The number of aromatic nitrogens is 2. The molecular formula is C17H20N4O2S. The molecule has 1 N–H and O–H groups in total. The minimum absolute atomic E-state index is 0.0209. The number of rotatable bonds is 2. The van der Waals surface area contributed by atoms with Gasteiger partial charge in [0.15, 0.2) is 0 Å². The predicted octanol–water partition coefficient (Wildman–Crippen LogP) is 2.45. The first kappa shape index (κ1) is 15.4. The summed E-state index contributed by atoms with van der Waals surface area (Å²) >= 11 is 1.43. The highest BCUT2D eigenvalue weighted by Crippen LogP contribution is 2.29. The molecule has 2 amide bonds. The van der Waals surface area contributed by atoms with E-state index in [0.717, 1.165) is 43.5 Å². The third-order valence-corrected chi connectivity index (χ3v) is 5.70. The number of aryl methyl sites for hydroxylation is 1. The quantitative estimate of drug-likeness (QED) is 0.910. The normalized spacial score (nSPS) is 20.8. The number of nitrogens with zero attached hydrogens (tertiary/aromatic N) is 3. The highest BCUT2D eigenvalue weighted by molar-refractivity contribution is 7.12. The van der Waals surface area contributed by atoms with Crippen molar-refractivity contribution in [2.45, 2.75) is 38.1 Å². The van der Waals surface area contributed by atoms with Crippen LogP contribution in [0.3, 0.4) is 0 Å². The van der Waals surface area contributed by atoms with Crippen LogP contribution in [0.2, 0.25) is 0 Å². The molecule has 1 saturated heterocycles. The van der Waals surface area contributed by atoms with Crippen LogP contribution in [0.25, 0.3) is 0 Å². The van der Waals surface area contributed by atoms with Crippen molar-refractivity contribution < 1.29 is 9.59 Å². The zero-order chi connectivity index (χ0) is 16.5. The second kappa shape index (κ2) is 6.39. The lowest BCUT2D eigenvalue weighted by Crippen LogP contribution is -2.54. The summed E-state index contributed by atoms with van der Waals surface area (Å²) in [7, 11) is 0. The van der Waals surface area contributed by atoms with Gasteiger partial charge in [-0.3, -0.25) is 14.7 Å². The Morgan fingerprint density at radius 3 is 3.00 bits per heavy atom. The Morgan fingerprint density at radius 1 is 1.25 bits per heavy atom. The number of hydrogen-bond donors (Lipinski definition) is 1. The van der Waals surface area contributed by atoms with Crippen molar-refractivity contribution in [3.63, 3.8) is 0 Å². The minimum atomic E-state index is -0.366. The second-order valence-corrected chi connectivity index (χ2v) is 7.26. The van der Waals surface area contributed by atoms with Crippen LogP contribution in [0.5, 0.6) is 0 Å². The largest absolute Gasteiger partial charge is 0.326 e. The molecule has 2 aromatic rings. The first-order valence-corrected chi connectivity index (χ1v) is 9.32. The van der Waals surface area contributed by atoms with Crippen molar-refractivity contribution in [1.82, 2.24) is 15.1 Å². The number of anilines is 1. The molecule has 0 aliphatic carbocycles. The Hall–Kier alpha value is -2.15. The predicted molar refractivity (Wildman–Crippen MR) is 92.3 cm³/mol. The molecule has 24 heavy (non-hydrogen) atoms. The molecule has 0 saturated carbocycles. The zero-order valence-corrected chi connectivity index (χ0v) is 14.2. The van der Waals surface area contributed by atoms with Crippen molar-refractivity contribution in [2.75, 3.05) is 18.0 Å². The van der Waals surface area contributed by atoms with Crippen LogP contribution in [0.4, 0.5) is 5.69 Å². The third kappa shape index (κ3) is 2.62. The number of aromatic amines is 1. The van der Waals surface area contributed by atoms with E-state index in [-0.39, 0.29) is 17.9 Å². The van der Waals surface area contributed by atoms with E-state index in [1.165, 1.54) is 11.3 Å². The van der Waals surface area contributed by atoms with Gasteiger partial charge in [0.25, 0.3) is 5.91 Å². The van der Waals surface area contributed by atoms with Gasteiger partial charge in [-0.15, -0.1) is 11.3 Å². The van der Waals surface area contributed by atoms with Gasteiger partial charge in [0.2, 0.25) is 5.91 Å². The van der Waals surface area contributed by atoms with Crippen LogP contribution < -0.4 is 4.90 Å². The van der Waals surface area contributed by atoms with Crippen LogP contribution in [-0.2, 0) is 11.2 Å². The molecule has 2 aliphatic rings. The first-order chi connectivity index (χ1) is 11.8. The maximum atomic E-state index is 13.2. The van der Waals surface area contributed by atoms with E-state index in [2.05, 4.69) is 10.2 Å². The summed E-state index contributed by atoms with van der Waals surface area (Å²) in [6, 6.07) is 3.34. The lowest BCUT2D eigenvalue weighted by molar-refractivity contribution is -0.124. The smallest absolute Gasteiger partial charge is 0.264 e. The number of thiophene rings is 1. The van der Waals surface area contributed by atoms with Gasteiger partial charge >= 0.3 is 0 Å². The molecule has 0 bridgehead atoms. The van der Waals surface area contributed by atoms with Crippen LogP contribution in [0.1, 0.15) is 41.0 Å². The average molecular weight is 344 g/mol. The van der Waals surface area contributed by atoms with Crippen LogP contribution >= 0.6 is 11.3 Å². The van der Waals surface area contributed by atoms with Gasteiger partial charge in [-0.05, 0) is 43.6 Å². The van der Waals surface area contributed by atoms with E-state index in [4.69, 9.17) is 0 Å². The molecule has 1 unspecified atom stereocenters. The van der Waals surface area contributed by atoms with Gasteiger partial charge in [0.05, 0.1) is 22.5 Å². The maximum Gasteiger partial charge on any atom is 0.264 e. The van der Waals surface area contributed by atoms with Crippen molar-refractivity contribution in [3.8, 4) is 0 Å². The summed E-state index contributed by atoms with van der Waals surface area (Å²) in [6.45, 7) is 1.35. The SMILES string of the molecule is O=C(C1CCCCN1C(=O)c1cccs1)N1CCCc2[nH]ncc21. The Kier molecular flexibility index (Phi) is 4.10. The summed E-state index contributed by atoms with van der Waals surface area (Å²) in [5, 5.41) is 8.96. The van der Waals surface area contributed by atoms with Gasteiger partial charge in [-0.2, -0.15) is 5.10 Å². The summed E-state index contributed by atoms with van der Waals surface area (Å²) in [5.41, 5.74) is 1.89. The molecule has 2 aromatic heterocycles. The van der Waals surface area contributed by atoms with E-state index < -0.39 is 0 Å². The van der Waals surface area contributed by atoms with Gasteiger partial charge in [-0.1, -0.05) is 6.07 Å². The zero-order valence-electron chi connectivity index (χ0n) is 13.4.